The Hall–Kier alpha value is -0.650. The molecule has 0 amide bonds. The van der Waals surface area contributed by atoms with Crippen molar-refractivity contribution in [3.8, 4) is 0 Å². The molecule has 0 saturated carbocycles. The van der Waals surface area contributed by atoms with Crippen molar-refractivity contribution in [2.45, 2.75) is 26.3 Å². The van der Waals surface area contributed by atoms with Gasteiger partial charge in [0.25, 0.3) is 0 Å². The van der Waals surface area contributed by atoms with Gasteiger partial charge in [-0.1, -0.05) is 6.92 Å². The zero-order chi connectivity index (χ0) is 13.4. The van der Waals surface area contributed by atoms with E-state index in [1.165, 1.54) is 0 Å². The molecule has 5 nitrogen and oxygen atoms in total. The molecule has 0 radical (unpaired) electrons. The number of hydrogen-bond donors (Lipinski definition) is 1. The number of nitrogens with one attached hydrogen (secondary N) is 1. The van der Waals surface area contributed by atoms with Crippen LogP contribution in [-0.4, -0.2) is 63.4 Å². The maximum atomic E-state index is 11.8. The van der Waals surface area contributed by atoms with Crippen LogP contribution in [-0.2, 0) is 14.3 Å². The number of likely N-dealkylation sites (N-methyl/N-ethyl adjacent to an activating group) is 1. The van der Waals surface area contributed by atoms with Crippen LogP contribution in [0.2, 0.25) is 0 Å². The number of ether oxygens (including phenoxy) is 2. The standard InChI is InChI=1S/C13H26N2O3/c1-4-14-12(13(16)18-5-2)9-15-7-6-11(8-15)10-17-3/h11-12,14H,4-10H2,1-3H3. The van der Waals surface area contributed by atoms with Crippen LogP contribution >= 0.6 is 0 Å². The molecule has 5 heteroatoms. The lowest BCUT2D eigenvalue weighted by atomic mass is 10.1. The molecular weight excluding hydrogens is 232 g/mol. The Labute approximate surface area is 110 Å². The van der Waals surface area contributed by atoms with Gasteiger partial charge < -0.3 is 19.7 Å². The molecule has 0 bridgehead atoms. The fourth-order valence-electron chi connectivity index (χ4n) is 2.42. The maximum Gasteiger partial charge on any atom is 0.324 e. The number of likely N-dealkylation sites (tertiary alicyclic amines) is 1. The Bertz CT molecular complexity index is 248. The summed E-state index contributed by atoms with van der Waals surface area (Å²) in [6, 6.07) is -0.212. The number of carbonyl (C=O) groups is 1. The van der Waals surface area contributed by atoms with Gasteiger partial charge in [0, 0.05) is 20.2 Å². The second-order valence-corrected chi connectivity index (χ2v) is 4.73. The first-order valence-corrected chi connectivity index (χ1v) is 6.82. The summed E-state index contributed by atoms with van der Waals surface area (Å²) in [5, 5.41) is 3.19. The van der Waals surface area contributed by atoms with Crippen molar-refractivity contribution in [1.29, 1.82) is 0 Å². The van der Waals surface area contributed by atoms with E-state index in [9.17, 15) is 4.79 Å². The number of esters is 1. The van der Waals surface area contributed by atoms with Crippen LogP contribution in [0.15, 0.2) is 0 Å². The Morgan fingerprint density at radius 1 is 1.50 bits per heavy atom. The Morgan fingerprint density at radius 2 is 2.28 bits per heavy atom. The molecule has 0 spiro atoms. The van der Waals surface area contributed by atoms with Gasteiger partial charge in [0.15, 0.2) is 0 Å². The number of nitrogens with zero attached hydrogens (tertiary/aromatic N) is 1. The first-order chi connectivity index (χ1) is 8.71. The number of hydrogen-bond acceptors (Lipinski definition) is 5. The zero-order valence-electron chi connectivity index (χ0n) is 11.8. The molecule has 1 aliphatic rings. The van der Waals surface area contributed by atoms with Gasteiger partial charge in [-0.25, -0.2) is 0 Å². The Balaban J connectivity index is 2.39. The van der Waals surface area contributed by atoms with Crippen LogP contribution in [0.1, 0.15) is 20.3 Å². The Morgan fingerprint density at radius 3 is 2.89 bits per heavy atom. The fourth-order valence-corrected chi connectivity index (χ4v) is 2.42. The smallest absolute Gasteiger partial charge is 0.324 e. The predicted octanol–water partition coefficient (Wildman–Crippen LogP) is 0.496. The van der Waals surface area contributed by atoms with Crippen molar-refractivity contribution in [2.24, 2.45) is 5.92 Å². The van der Waals surface area contributed by atoms with Crippen molar-refractivity contribution in [3.05, 3.63) is 0 Å². The van der Waals surface area contributed by atoms with Crippen LogP contribution in [0.5, 0.6) is 0 Å². The van der Waals surface area contributed by atoms with E-state index in [-0.39, 0.29) is 12.0 Å². The first kappa shape index (κ1) is 15.4. The molecule has 0 aromatic heterocycles. The molecule has 2 atom stereocenters. The highest BCUT2D eigenvalue weighted by Gasteiger charge is 2.27. The topological polar surface area (TPSA) is 50.8 Å². The molecule has 106 valence electrons. The molecule has 1 N–H and O–H groups in total. The number of carbonyl (C=O) groups excluding carboxylic acids is 1. The van der Waals surface area contributed by atoms with E-state index in [1.807, 2.05) is 13.8 Å². The normalized spacial score (nSPS) is 22.1. The Kier molecular flexibility index (Phi) is 7.23. The molecular formula is C13H26N2O3. The van der Waals surface area contributed by atoms with Gasteiger partial charge >= 0.3 is 5.97 Å². The van der Waals surface area contributed by atoms with Crippen molar-refractivity contribution in [2.75, 3.05) is 46.5 Å². The molecule has 0 aliphatic carbocycles. The van der Waals surface area contributed by atoms with Crippen LogP contribution in [0.25, 0.3) is 0 Å². The predicted molar refractivity (Wildman–Crippen MR) is 70.5 cm³/mol. The average molecular weight is 258 g/mol. The van der Waals surface area contributed by atoms with E-state index < -0.39 is 0 Å². The summed E-state index contributed by atoms with van der Waals surface area (Å²) in [5.74, 6) is 0.453. The summed E-state index contributed by atoms with van der Waals surface area (Å²) >= 11 is 0. The van der Waals surface area contributed by atoms with E-state index in [1.54, 1.807) is 7.11 Å². The molecule has 1 aliphatic heterocycles. The summed E-state index contributed by atoms with van der Waals surface area (Å²) in [6.45, 7) is 8.64. The van der Waals surface area contributed by atoms with Gasteiger partial charge in [-0.05, 0) is 32.4 Å². The highest BCUT2D eigenvalue weighted by atomic mass is 16.5. The fraction of sp³-hybridized carbons (Fsp3) is 0.923. The zero-order valence-corrected chi connectivity index (χ0v) is 11.8. The van der Waals surface area contributed by atoms with E-state index in [4.69, 9.17) is 9.47 Å². The van der Waals surface area contributed by atoms with Gasteiger partial charge in [-0.15, -0.1) is 0 Å². The molecule has 2 unspecified atom stereocenters. The third kappa shape index (κ3) is 4.92. The van der Waals surface area contributed by atoms with Crippen molar-refractivity contribution >= 4 is 5.97 Å². The maximum absolute atomic E-state index is 11.8. The van der Waals surface area contributed by atoms with Crippen molar-refractivity contribution in [3.63, 3.8) is 0 Å². The lowest BCUT2D eigenvalue weighted by Gasteiger charge is -2.23. The van der Waals surface area contributed by atoms with E-state index in [0.29, 0.717) is 12.5 Å². The van der Waals surface area contributed by atoms with Gasteiger partial charge in [0.2, 0.25) is 0 Å². The third-order valence-corrected chi connectivity index (χ3v) is 3.23. The van der Waals surface area contributed by atoms with Gasteiger partial charge in [0.05, 0.1) is 13.2 Å². The van der Waals surface area contributed by atoms with Crippen LogP contribution < -0.4 is 5.32 Å². The van der Waals surface area contributed by atoms with Crippen molar-refractivity contribution < 1.29 is 14.3 Å². The summed E-state index contributed by atoms with van der Waals surface area (Å²) in [5.41, 5.74) is 0. The second-order valence-electron chi connectivity index (χ2n) is 4.73. The van der Waals surface area contributed by atoms with E-state index in [0.717, 1.165) is 39.2 Å². The van der Waals surface area contributed by atoms with Crippen molar-refractivity contribution in [1.82, 2.24) is 10.2 Å². The van der Waals surface area contributed by atoms with Crippen LogP contribution in [0, 0.1) is 5.92 Å². The molecule has 18 heavy (non-hydrogen) atoms. The second kappa shape index (κ2) is 8.45. The minimum absolute atomic E-state index is 0.144. The number of methoxy groups -OCH3 is 1. The van der Waals surface area contributed by atoms with Crippen LogP contribution in [0.4, 0.5) is 0 Å². The van der Waals surface area contributed by atoms with Gasteiger partial charge in [-0.3, -0.25) is 4.79 Å². The highest BCUT2D eigenvalue weighted by molar-refractivity contribution is 5.76. The van der Waals surface area contributed by atoms with Gasteiger partial charge in [0.1, 0.15) is 6.04 Å². The molecule has 0 aromatic rings. The minimum Gasteiger partial charge on any atom is -0.465 e. The molecule has 0 aromatic carbocycles. The largest absolute Gasteiger partial charge is 0.465 e. The molecule has 1 saturated heterocycles. The number of rotatable bonds is 8. The monoisotopic (exact) mass is 258 g/mol. The minimum atomic E-state index is -0.212. The molecule has 1 fully saturated rings. The molecule has 1 rings (SSSR count). The van der Waals surface area contributed by atoms with Crippen LogP contribution in [0.3, 0.4) is 0 Å². The summed E-state index contributed by atoms with van der Waals surface area (Å²) in [7, 11) is 1.74. The SMILES string of the molecule is CCNC(CN1CCC(COC)C1)C(=O)OCC. The quantitative estimate of drug-likeness (QED) is 0.642. The lowest BCUT2D eigenvalue weighted by Crippen LogP contribution is -2.46. The lowest BCUT2D eigenvalue weighted by molar-refractivity contribution is -0.146. The summed E-state index contributed by atoms with van der Waals surface area (Å²) in [6.07, 6.45) is 1.15. The summed E-state index contributed by atoms with van der Waals surface area (Å²) < 4.78 is 10.3. The van der Waals surface area contributed by atoms with Gasteiger partial charge in [-0.2, -0.15) is 0 Å². The summed E-state index contributed by atoms with van der Waals surface area (Å²) in [4.78, 5) is 14.1. The average Bonchev–Trinajstić information content (AvgIpc) is 2.77. The first-order valence-electron chi connectivity index (χ1n) is 6.82. The van der Waals surface area contributed by atoms with E-state index in [2.05, 4.69) is 10.2 Å². The highest BCUT2D eigenvalue weighted by Crippen LogP contribution is 2.16. The molecule has 1 heterocycles. The third-order valence-electron chi connectivity index (χ3n) is 3.23. The van der Waals surface area contributed by atoms with E-state index >= 15 is 0 Å².